The molecule has 2 N–H and O–H groups in total. The molecule has 0 aliphatic carbocycles. The summed E-state index contributed by atoms with van der Waals surface area (Å²) in [5.74, 6) is -3.80. The lowest BCUT2D eigenvalue weighted by atomic mass is 10.1. The maximum absolute atomic E-state index is 13.1. The van der Waals surface area contributed by atoms with Crippen molar-refractivity contribution in [2.75, 3.05) is 5.73 Å². The molecule has 0 fully saturated rings. The summed E-state index contributed by atoms with van der Waals surface area (Å²) >= 11 is 1.29. The van der Waals surface area contributed by atoms with E-state index in [-0.39, 0.29) is 0 Å². The van der Waals surface area contributed by atoms with Gasteiger partial charge in [0.1, 0.15) is 0 Å². The Kier molecular flexibility index (Phi) is 4.09. The lowest BCUT2D eigenvalue weighted by Gasteiger charge is -2.03. The molecule has 6 heteroatoms. The SMILES string of the molecule is CCCc1nc(N)sc1Cc1cc(F)c(F)c(F)c1. The molecule has 0 bridgehead atoms. The number of hydrogen-bond donors (Lipinski definition) is 1. The van der Waals surface area contributed by atoms with Crippen LogP contribution in [0.25, 0.3) is 0 Å². The first-order valence-electron chi connectivity index (χ1n) is 5.88. The molecule has 2 aromatic rings. The first-order chi connectivity index (χ1) is 9.01. The largest absolute Gasteiger partial charge is 0.375 e. The van der Waals surface area contributed by atoms with Gasteiger partial charge in [0, 0.05) is 11.3 Å². The summed E-state index contributed by atoms with van der Waals surface area (Å²) in [6.45, 7) is 2.01. The van der Waals surface area contributed by atoms with E-state index < -0.39 is 17.5 Å². The molecule has 0 spiro atoms. The van der Waals surface area contributed by atoms with Gasteiger partial charge in [-0.05, 0) is 24.1 Å². The van der Waals surface area contributed by atoms with E-state index in [1.807, 2.05) is 6.92 Å². The number of nitrogen functional groups attached to an aromatic ring is 1. The van der Waals surface area contributed by atoms with Crippen LogP contribution in [-0.2, 0) is 12.8 Å². The molecule has 0 amide bonds. The Hall–Kier alpha value is -1.56. The first-order valence-corrected chi connectivity index (χ1v) is 6.70. The van der Waals surface area contributed by atoms with Gasteiger partial charge >= 0.3 is 0 Å². The van der Waals surface area contributed by atoms with Crippen molar-refractivity contribution in [3.63, 3.8) is 0 Å². The van der Waals surface area contributed by atoms with Gasteiger partial charge in [-0.2, -0.15) is 0 Å². The molecule has 0 aliphatic rings. The van der Waals surface area contributed by atoms with Gasteiger partial charge in [-0.3, -0.25) is 0 Å². The lowest BCUT2D eigenvalue weighted by molar-refractivity contribution is 0.445. The van der Waals surface area contributed by atoms with E-state index in [4.69, 9.17) is 5.73 Å². The normalized spacial score (nSPS) is 10.9. The highest BCUT2D eigenvalue weighted by Gasteiger charge is 2.14. The van der Waals surface area contributed by atoms with E-state index in [1.54, 1.807) is 0 Å². The van der Waals surface area contributed by atoms with Crippen molar-refractivity contribution < 1.29 is 13.2 Å². The molecular weight excluding hydrogens is 273 g/mol. The Balaban J connectivity index is 2.30. The number of nitrogens with two attached hydrogens (primary N) is 1. The van der Waals surface area contributed by atoms with Gasteiger partial charge in [0.25, 0.3) is 0 Å². The van der Waals surface area contributed by atoms with Gasteiger partial charge in [-0.1, -0.05) is 13.3 Å². The number of rotatable bonds is 4. The van der Waals surface area contributed by atoms with Crippen LogP contribution in [0.2, 0.25) is 0 Å². The number of aryl methyl sites for hydroxylation is 1. The Morgan fingerprint density at radius 3 is 2.42 bits per heavy atom. The van der Waals surface area contributed by atoms with Crippen LogP contribution in [0.3, 0.4) is 0 Å². The summed E-state index contributed by atoms with van der Waals surface area (Å²) in [5.41, 5.74) is 6.86. The zero-order valence-electron chi connectivity index (χ0n) is 10.3. The second-order valence-corrected chi connectivity index (χ2v) is 5.34. The molecule has 2 rings (SSSR count). The van der Waals surface area contributed by atoms with Crippen molar-refractivity contribution in [1.29, 1.82) is 0 Å². The average Bonchev–Trinajstić information content (AvgIpc) is 2.67. The van der Waals surface area contributed by atoms with Crippen LogP contribution < -0.4 is 5.73 Å². The highest BCUT2D eigenvalue weighted by Crippen LogP contribution is 2.25. The maximum Gasteiger partial charge on any atom is 0.194 e. The highest BCUT2D eigenvalue weighted by atomic mass is 32.1. The Morgan fingerprint density at radius 1 is 1.21 bits per heavy atom. The topological polar surface area (TPSA) is 38.9 Å². The van der Waals surface area contributed by atoms with Gasteiger partial charge in [-0.15, -0.1) is 11.3 Å². The van der Waals surface area contributed by atoms with E-state index in [2.05, 4.69) is 4.98 Å². The van der Waals surface area contributed by atoms with E-state index in [9.17, 15) is 13.2 Å². The second-order valence-electron chi connectivity index (χ2n) is 4.22. The quantitative estimate of drug-likeness (QED) is 0.871. The number of anilines is 1. The summed E-state index contributed by atoms with van der Waals surface area (Å²) in [5, 5.41) is 0.432. The average molecular weight is 286 g/mol. The summed E-state index contributed by atoms with van der Waals surface area (Å²) < 4.78 is 39.2. The van der Waals surface area contributed by atoms with E-state index in [0.717, 1.165) is 35.5 Å². The zero-order chi connectivity index (χ0) is 14.0. The van der Waals surface area contributed by atoms with Gasteiger partial charge in [0.05, 0.1) is 5.69 Å². The van der Waals surface area contributed by atoms with Crippen LogP contribution >= 0.6 is 11.3 Å². The number of halogens is 3. The van der Waals surface area contributed by atoms with Gasteiger partial charge in [0.15, 0.2) is 22.6 Å². The molecule has 0 atom stereocenters. The summed E-state index contributed by atoms with van der Waals surface area (Å²) in [6.07, 6.45) is 1.97. The second kappa shape index (κ2) is 5.61. The molecule has 0 unspecified atom stereocenters. The highest BCUT2D eigenvalue weighted by molar-refractivity contribution is 7.15. The molecule has 0 radical (unpaired) electrons. The lowest BCUT2D eigenvalue weighted by Crippen LogP contribution is -1.97. The van der Waals surface area contributed by atoms with Crippen molar-refractivity contribution >= 4 is 16.5 Å². The third-order valence-corrected chi connectivity index (χ3v) is 3.62. The summed E-state index contributed by atoms with van der Waals surface area (Å²) in [6, 6.07) is 2.01. The van der Waals surface area contributed by atoms with Crippen molar-refractivity contribution in [3.05, 3.63) is 45.7 Å². The minimum Gasteiger partial charge on any atom is -0.375 e. The standard InChI is InChI=1S/C13H13F3N2S/c1-2-3-10-11(19-13(17)18-10)6-7-4-8(14)12(16)9(15)5-7/h4-5H,2-3,6H2,1H3,(H2,17,18). The molecule has 1 heterocycles. The molecule has 1 aromatic carbocycles. The molecule has 0 saturated heterocycles. The minimum absolute atomic E-state index is 0.304. The first kappa shape index (κ1) is 13.9. The van der Waals surface area contributed by atoms with Crippen LogP contribution in [-0.4, -0.2) is 4.98 Å². The zero-order valence-corrected chi connectivity index (χ0v) is 11.2. The minimum atomic E-state index is -1.44. The molecular formula is C13H13F3N2S. The molecule has 2 nitrogen and oxygen atoms in total. The molecule has 0 aliphatic heterocycles. The van der Waals surface area contributed by atoms with E-state index in [1.165, 1.54) is 11.3 Å². The number of hydrogen-bond acceptors (Lipinski definition) is 3. The summed E-state index contributed by atoms with van der Waals surface area (Å²) in [7, 11) is 0. The van der Waals surface area contributed by atoms with Crippen LogP contribution in [0.1, 0.15) is 29.5 Å². The molecule has 102 valence electrons. The predicted octanol–water partition coefficient (Wildman–Crippen LogP) is 3.69. The van der Waals surface area contributed by atoms with Crippen molar-refractivity contribution in [1.82, 2.24) is 4.98 Å². The van der Waals surface area contributed by atoms with Crippen molar-refractivity contribution in [2.24, 2.45) is 0 Å². The van der Waals surface area contributed by atoms with E-state index >= 15 is 0 Å². The van der Waals surface area contributed by atoms with E-state index in [0.29, 0.717) is 17.1 Å². The number of thiazole rings is 1. The predicted molar refractivity (Wildman–Crippen MR) is 69.6 cm³/mol. The van der Waals surface area contributed by atoms with Crippen LogP contribution in [0.15, 0.2) is 12.1 Å². The Labute approximate surface area is 113 Å². The summed E-state index contributed by atoms with van der Waals surface area (Å²) in [4.78, 5) is 5.06. The third kappa shape index (κ3) is 3.07. The third-order valence-electron chi connectivity index (χ3n) is 2.69. The smallest absolute Gasteiger partial charge is 0.194 e. The van der Waals surface area contributed by atoms with Gasteiger partial charge < -0.3 is 5.73 Å². The number of benzene rings is 1. The molecule has 19 heavy (non-hydrogen) atoms. The number of nitrogens with zero attached hydrogens (tertiary/aromatic N) is 1. The Morgan fingerprint density at radius 2 is 1.84 bits per heavy atom. The van der Waals surface area contributed by atoms with Crippen LogP contribution in [0, 0.1) is 17.5 Å². The van der Waals surface area contributed by atoms with Gasteiger partial charge in [0.2, 0.25) is 0 Å². The van der Waals surface area contributed by atoms with Crippen LogP contribution in [0.5, 0.6) is 0 Å². The molecule has 1 aromatic heterocycles. The van der Waals surface area contributed by atoms with Crippen molar-refractivity contribution in [2.45, 2.75) is 26.2 Å². The number of aromatic nitrogens is 1. The molecule has 0 saturated carbocycles. The fourth-order valence-electron chi connectivity index (χ4n) is 1.87. The van der Waals surface area contributed by atoms with Gasteiger partial charge in [-0.25, -0.2) is 18.2 Å². The monoisotopic (exact) mass is 286 g/mol. The maximum atomic E-state index is 13.1. The fraction of sp³-hybridized carbons (Fsp3) is 0.308. The Bertz CT molecular complexity index is 573. The fourth-order valence-corrected chi connectivity index (χ4v) is 2.78. The van der Waals surface area contributed by atoms with Crippen LogP contribution in [0.4, 0.5) is 18.3 Å². The van der Waals surface area contributed by atoms with Crippen molar-refractivity contribution in [3.8, 4) is 0 Å².